The highest BCUT2D eigenvalue weighted by molar-refractivity contribution is 6.39. The highest BCUT2D eigenvalue weighted by Crippen LogP contribution is 2.30. The van der Waals surface area contributed by atoms with Gasteiger partial charge in [0.05, 0.1) is 12.7 Å². The van der Waals surface area contributed by atoms with Crippen LogP contribution in [-0.4, -0.2) is 54.2 Å². The first-order chi connectivity index (χ1) is 12.2. The van der Waals surface area contributed by atoms with Crippen LogP contribution in [0, 0.1) is 0 Å². The standard InChI is InChI=1S/C18H22N4O3/c23-17-7-6-15(20-21-17)18(24)19-13-8-14-11-25-16(10-22(14)9-13)12-4-2-1-3-5-12/h1-5,13-14,16H,6-11H2,(H,19,24)(H,21,23)/t13-,14-,16+/m0/s1. The fourth-order valence-electron chi connectivity index (χ4n) is 3.75. The fourth-order valence-corrected chi connectivity index (χ4v) is 3.75. The lowest BCUT2D eigenvalue weighted by molar-refractivity contribution is -0.121. The molecule has 0 bridgehead atoms. The maximum atomic E-state index is 12.3. The topological polar surface area (TPSA) is 83.0 Å². The van der Waals surface area contributed by atoms with Gasteiger partial charge >= 0.3 is 0 Å². The number of hydrazone groups is 1. The van der Waals surface area contributed by atoms with Crippen LogP contribution in [0.4, 0.5) is 0 Å². The Bertz CT molecular complexity index is 691. The minimum Gasteiger partial charge on any atom is -0.371 e. The zero-order valence-electron chi connectivity index (χ0n) is 14.0. The Morgan fingerprint density at radius 3 is 2.84 bits per heavy atom. The smallest absolute Gasteiger partial charge is 0.267 e. The number of carbonyl (C=O) groups excluding carboxylic acids is 2. The van der Waals surface area contributed by atoms with Crippen LogP contribution < -0.4 is 10.7 Å². The van der Waals surface area contributed by atoms with Crippen molar-refractivity contribution < 1.29 is 14.3 Å². The number of hydrogen-bond acceptors (Lipinski definition) is 5. The number of ether oxygens (including phenoxy) is 1. The van der Waals surface area contributed by atoms with Crippen LogP contribution in [0.2, 0.25) is 0 Å². The summed E-state index contributed by atoms with van der Waals surface area (Å²) in [5.41, 5.74) is 3.97. The number of hydrogen-bond donors (Lipinski definition) is 2. The molecule has 132 valence electrons. The molecule has 0 spiro atoms. The third-order valence-electron chi connectivity index (χ3n) is 5.09. The average Bonchev–Trinajstić information content (AvgIpc) is 3.04. The van der Waals surface area contributed by atoms with Crippen molar-refractivity contribution in [1.29, 1.82) is 0 Å². The van der Waals surface area contributed by atoms with E-state index in [1.54, 1.807) is 0 Å². The molecular formula is C18H22N4O3. The molecule has 0 aliphatic carbocycles. The predicted molar refractivity (Wildman–Crippen MR) is 91.9 cm³/mol. The highest BCUT2D eigenvalue weighted by Gasteiger charge is 2.38. The predicted octanol–water partition coefficient (Wildman–Crippen LogP) is 0.583. The third-order valence-corrected chi connectivity index (χ3v) is 5.09. The summed E-state index contributed by atoms with van der Waals surface area (Å²) in [6.45, 7) is 2.35. The van der Waals surface area contributed by atoms with Crippen molar-refractivity contribution in [3.63, 3.8) is 0 Å². The number of amides is 2. The maximum Gasteiger partial charge on any atom is 0.267 e. The van der Waals surface area contributed by atoms with E-state index in [2.05, 4.69) is 32.9 Å². The molecule has 0 radical (unpaired) electrons. The number of morpholine rings is 1. The largest absolute Gasteiger partial charge is 0.371 e. The molecule has 0 saturated carbocycles. The molecule has 7 nitrogen and oxygen atoms in total. The van der Waals surface area contributed by atoms with E-state index >= 15 is 0 Å². The normalized spacial score (nSPS) is 29.5. The molecule has 0 unspecified atom stereocenters. The lowest BCUT2D eigenvalue weighted by Gasteiger charge is -2.35. The van der Waals surface area contributed by atoms with Gasteiger partial charge in [-0.2, -0.15) is 5.10 Å². The number of rotatable bonds is 3. The summed E-state index contributed by atoms with van der Waals surface area (Å²) >= 11 is 0. The summed E-state index contributed by atoms with van der Waals surface area (Å²) in [5, 5.41) is 6.92. The number of benzene rings is 1. The molecule has 3 aliphatic heterocycles. The van der Waals surface area contributed by atoms with Gasteiger partial charge in [0, 0.05) is 38.0 Å². The van der Waals surface area contributed by atoms with Gasteiger partial charge in [-0.25, -0.2) is 5.43 Å². The Morgan fingerprint density at radius 2 is 2.08 bits per heavy atom. The second-order valence-corrected chi connectivity index (χ2v) is 6.84. The average molecular weight is 342 g/mol. The zero-order chi connectivity index (χ0) is 17.2. The van der Waals surface area contributed by atoms with Crippen molar-refractivity contribution in [1.82, 2.24) is 15.6 Å². The molecule has 3 aliphatic rings. The van der Waals surface area contributed by atoms with Gasteiger partial charge in [0.25, 0.3) is 5.91 Å². The van der Waals surface area contributed by atoms with Crippen LogP contribution in [0.5, 0.6) is 0 Å². The van der Waals surface area contributed by atoms with Crippen LogP contribution in [0.15, 0.2) is 35.4 Å². The van der Waals surface area contributed by atoms with E-state index in [4.69, 9.17) is 4.74 Å². The number of nitrogens with one attached hydrogen (secondary N) is 2. The first-order valence-corrected chi connectivity index (χ1v) is 8.76. The van der Waals surface area contributed by atoms with E-state index in [1.165, 1.54) is 5.56 Å². The summed E-state index contributed by atoms with van der Waals surface area (Å²) in [5.74, 6) is -0.316. The maximum absolute atomic E-state index is 12.3. The number of nitrogens with zero attached hydrogens (tertiary/aromatic N) is 2. The molecule has 2 saturated heterocycles. The van der Waals surface area contributed by atoms with Gasteiger partial charge < -0.3 is 10.1 Å². The van der Waals surface area contributed by atoms with Gasteiger partial charge in [-0.05, 0) is 12.0 Å². The lowest BCUT2D eigenvalue weighted by atomic mass is 10.1. The molecule has 25 heavy (non-hydrogen) atoms. The third kappa shape index (κ3) is 3.57. The second-order valence-electron chi connectivity index (χ2n) is 6.84. The van der Waals surface area contributed by atoms with Crippen molar-refractivity contribution in [3.8, 4) is 0 Å². The second kappa shape index (κ2) is 6.93. The van der Waals surface area contributed by atoms with Crippen molar-refractivity contribution in [2.45, 2.75) is 37.5 Å². The Morgan fingerprint density at radius 1 is 1.24 bits per heavy atom. The number of carbonyl (C=O) groups is 2. The summed E-state index contributed by atoms with van der Waals surface area (Å²) < 4.78 is 6.03. The van der Waals surface area contributed by atoms with Crippen LogP contribution in [0.25, 0.3) is 0 Å². The van der Waals surface area contributed by atoms with Gasteiger partial charge in [0.15, 0.2) is 0 Å². The van der Waals surface area contributed by atoms with Crippen LogP contribution in [-0.2, 0) is 14.3 Å². The van der Waals surface area contributed by atoms with Crippen molar-refractivity contribution in [3.05, 3.63) is 35.9 Å². The lowest BCUT2D eigenvalue weighted by Crippen LogP contribution is -2.44. The molecule has 1 aromatic rings. The van der Waals surface area contributed by atoms with E-state index in [-0.39, 0.29) is 24.0 Å². The minimum atomic E-state index is -0.176. The van der Waals surface area contributed by atoms with Crippen molar-refractivity contribution in [2.24, 2.45) is 5.10 Å². The monoisotopic (exact) mass is 342 g/mol. The van der Waals surface area contributed by atoms with E-state index in [1.807, 2.05) is 18.2 Å². The van der Waals surface area contributed by atoms with Crippen LogP contribution in [0.1, 0.15) is 30.9 Å². The van der Waals surface area contributed by atoms with Gasteiger partial charge in [-0.15, -0.1) is 0 Å². The molecule has 3 heterocycles. The van der Waals surface area contributed by atoms with Gasteiger partial charge in [-0.1, -0.05) is 30.3 Å². The molecule has 2 N–H and O–H groups in total. The molecule has 1 aromatic carbocycles. The first-order valence-electron chi connectivity index (χ1n) is 8.76. The molecule has 0 aromatic heterocycles. The van der Waals surface area contributed by atoms with Gasteiger partial charge in [0.2, 0.25) is 5.91 Å². The van der Waals surface area contributed by atoms with E-state index in [0.717, 1.165) is 19.5 Å². The molecule has 7 heteroatoms. The number of fused-ring (bicyclic) bond motifs is 1. The zero-order valence-corrected chi connectivity index (χ0v) is 14.0. The van der Waals surface area contributed by atoms with E-state index < -0.39 is 0 Å². The van der Waals surface area contributed by atoms with Crippen LogP contribution in [0.3, 0.4) is 0 Å². The summed E-state index contributed by atoms with van der Waals surface area (Å²) in [4.78, 5) is 25.8. The first kappa shape index (κ1) is 16.2. The molecule has 2 amide bonds. The molecule has 3 atom stereocenters. The van der Waals surface area contributed by atoms with E-state index in [0.29, 0.717) is 31.2 Å². The summed E-state index contributed by atoms with van der Waals surface area (Å²) in [7, 11) is 0. The SMILES string of the molecule is O=C1CCC(C(=O)N[C@H]2C[C@H]3CO[C@@H](c4ccccc4)CN3C2)=NN1. The molecule has 4 rings (SSSR count). The summed E-state index contributed by atoms with van der Waals surface area (Å²) in [6.07, 6.45) is 1.69. The molecule has 2 fully saturated rings. The van der Waals surface area contributed by atoms with Crippen molar-refractivity contribution >= 4 is 17.5 Å². The van der Waals surface area contributed by atoms with Crippen LogP contribution >= 0.6 is 0 Å². The van der Waals surface area contributed by atoms with Gasteiger partial charge in [-0.3, -0.25) is 14.5 Å². The Labute approximate surface area is 146 Å². The Kier molecular flexibility index (Phi) is 4.50. The quantitative estimate of drug-likeness (QED) is 0.842. The van der Waals surface area contributed by atoms with Crippen molar-refractivity contribution in [2.75, 3.05) is 19.7 Å². The Balaban J connectivity index is 1.34. The molecular weight excluding hydrogens is 320 g/mol. The fraction of sp³-hybridized carbons (Fsp3) is 0.500. The van der Waals surface area contributed by atoms with E-state index in [9.17, 15) is 9.59 Å². The summed E-state index contributed by atoms with van der Waals surface area (Å²) in [6, 6.07) is 10.7. The van der Waals surface area contributed by atoms with Gasteiger partial charge in [0.1, 0.15) is 5.71 Å². The highest BCUT2D eigenvalue weighted by atomic mass is 16.5. The minimum absolute atomic E-state index is 0.0878. The Hall–Kier alpha value is -2.25.